The molecule has 0 spiro atoms. The molecule has 33 heavy (non-hydrogen) atoms. The molecule has 3 aromatic rings. The molecule has 7 nitrogen and oxygen atoms in total. The normalized spacial score (nSPS) is 22.2. The zero-order chi connectivity index (χ0) is 23.4. The number of halogens is 1. The van der Waals surface area contributed by atoms with Crippen molar-refractivity contribution in [3.8, 4) is 11.3 Å². The van der Waals surface area contributed by atoms with E-state index in [1.807, 2.05) is 13.0 Å². The van der Waals surface area contributed by atoms with Crippen LogP contribution in [0.2, 0.25) is 0 Å². The number of hydrogen-bond acceptors (Lipinski definition) is 5. The van der Waals surface area contributed by atoms with Crippen molar-refractivity contribution in [1.82, 2.24) is 25.1 Å². The van der Waals surface area contributed by atoms with E-state index >= 15 is 0 Å². The third-order valence-corrected chi connectivity index (χ3v) is 7.79. The van der Waals surface area contributed by atoms with Crippen molar-refractivity contribution >= 4 is 5.91 Å². The highest BCUT2D eigenvalue weighted by Crippen LogP contribution is 2.67. The SMILES string of the molecule is CCN(C[C@@]12CC[C@@H](c3cc(-c4ccccc4F)nnc31)C2(C)C)C(=O)c1c[nH]c(=O)cn1. The third kappa shape index (κ3) is 3.11. The molecule has 2 bridgehead atoms. The Balaban J connectivity index is 1.54. The molecule has 170 valence electrons. The van der Waals surface area contributed by atoms with E-state index in [4.69, 9.17) is 0 Å². The second-order valence-electron chi connectivity index (χ2n) is 9.52. The van der Waals surface area contributed by atoms with E-state index in [0.717, 1.165) is 30.3 Å². The first-order valence-corrected chi connectivity index (χ1v) is 11.3. The van der Waals surface area contributed by atoms with Crippen LogP contribution in [0.4, 0.5) is 4.39 Å². The van der Waals surface area contributed by atoms with Gasteiger partial charge in [-0.3, -0.25) is 9.59 Å². The molecule has 1 amide bonds. The highest BCUT2D eigenvalue weighted by molar-refractivity contribution is 5.92. The monoisotopic (exact) mass is 447 g/mol. The van der Waals surface area contributed by atoms with Crippen LogP contribution in [0.5, 0.6) is 0 Å². The summed E-state index contributed by atoms with van der Waals surface area (Å²) in [5, 5.41) is 9.05. The molecule has 2 aliphatic rings. The van der Waals surface area contributed by atoms with Crippen molar-refractivity contribution in [2.24, 2.45) is 5.41 Å². The van der Waals surface area contributed by atoms with Gasteiger partial charge < -0.3 is 9.88 Å². The predicted octanol–water partition coefficient (Wildman–Crippen LogP) is 3.68. The van der Waals surface area contributed by atoms with Gasteiger partial charge in [-0.25, -0.2) is 9.37 Å². The van der Waals surface area contributed by atoms with Crippen LogP contribution in [-0.4, -0.2) is 44.1 Å². The van der Waals surface area contributed by atoms with Crippen LogP contribution in [0, 0.1) is 11.2 Å². The van der Waals surface area contributed by atoms with Crippen LogP contribution in [0.25, 0.3) is 11.3 Å². The van der Waals surface area contributed by atoms with E-state index in [9.17, 15) is 14.0 Å². The molecule has 2 heterocycles. The van der Waals surface area contributed by atoms with Crippen LogP contribution in [0.15, 0.2) is 47.5 Å². The molecular formula is C25H26FN5O2. The van der Waals surface area contributed by atoms with E-state index in [0.29, 0.717) is 24.3 Å². The fourth-order valence-corrected chi connectivity index (χ4v) is 5.85. The van der Waals surface area contributed by atoms with E-state index < -0.39 is 0 Å². The average molecular weight is 448 g/mol. The number of nitrogens with one attached hydrogen (secondary N) is 1. The van der Waals surface area contributed by atoms with Gasteiger partial charge in [-0.1, -0.05) is 26.0 Å². The third-order valence-electron chi connectivity index (χ3n) is 7.79. The minimum Gasteiger partial charge on any atom is -0.337 e. The Hall–Kier alpha value is -3.42. The van der Waals surface area contributed by atoms with Crippen molar-refractivity contribution in [3.63, 3.8) is 0 Å². The first-order chi connectivity index (χ1) is 15.8. The number of amides is 1. The number of aromatic amines is 1. The van der Waals surface area contributed by atoms with Crippen molar-refractivity contribution in [3.05, 3.63) is 75.8 Å². The first kappa shape index (κ1) is 21.4. The van der Waals surface area contributed by atoms with Crippen molar-refractivity contribution in [2.75, 3.05) is 13.1 Å². The summed E-state index contributed by atoms with van der Waals surface area (Å²) in [6.45, 7) is 7.37. The molecule has 0 radical (unpaired) electrons. The Bertz CT molecular complexity index is 1280. The van der Waals surface area contributed by atoms with Gasteiger partial charge in [0.1, 0.15) is 11.5 Å². The maximum atomic E-state index is 14.4. The second kappa shape index (κ2) is 7.57. The summed E-state index contributed by atoms with van der Waals surface area (Å²) in [6.07, 6.45) is 4.35. The molecule has 0 aliphatic heterocycles. The second-order valence-corrected chi connectivity index (χ2v) is 9.52. The van der Waals surface area contributed by atoms with Crippen LogP contribution in [0.3, 0.4) is 0 Å². The molecule has 1 fully saturated rings. The molecule has 0 saturated heterocycles. The fraction of sp³-hybridized carbons (Fsp3) is 0.400. The van der Waals surface area contributed by atoms with Gasteiger partial charge in [-0.15, -0.1) is 0 Å². The summed E-state index contributed by atoms with van der Waals surface area (Å²) < 4.78 is 14.4. The number of nitrogens with zero attached hydrogens (tertiary/aromatic N) is 4. The van der Waals surface area contributed by atoms with Gasteiger partial charge in [-0.2, -0.15) is 10.2 Å². The molecule has 1 aromatic carbocycles. The smallest absolute Gasteiger partial charge is 0.273 e. The molecule has 0 unspecified atom stereocenters. The van der Waals surface area contributed by atoms with Crippen molar-refractivity contribution in [2.45, 2.75) is 44.9 Å². The predicted molar refractivity (Wildman–Crippen MR) is 121 cm³/mol. The van der Waals surface area contributed by atoms with Gasteiger partial charge in [0.15, 0.2) is 0 Å². The number of benzene rings is 1. The first-order valence-electron chi connectivity index (χ1n) is 11.3. The number of carbonyl (C=O) groups is 1. The van der Waals surface area contributed by atoms with Crippen LogP contribution in [-0.2, 0) is 5.41 Å². The standard InChI is InChI=1S/C25H26FN5O2/c1-4-31(23(33)20-12-28-21(32)13-27-20)14-25-10-9-17(24(25,2)3)16-11-19(29-30-22(16)25)15-7-5-6-8-18(15)26/h5-8,11-13,17H,4,9-10,14H2,1-3H3,(H,28,32)/t17-,25-/m0/s1. The fourth-order valence-electron chi connectivity index (χ4n) is 5.85. The maximum Gasteiger partial charge on any atom is 0.273 e. The lowest BCUT2D eigenvalue weighted by Gasteiger charge is -2.41. The molecule has 2 aliphatic carbocycles. The Kier molecular flexibility index (Phi) is 4.92. The number of aromatic nitrogens is 4. The van der Waals surface area contributed by atoms with Crippen molar-refractivity contribution in [1.29, 1.82) is 0 Å². The molecular weight excluding hydrogens is 421 g/mol. The number of H-pyrrole nitrogens is 1. The topological polar surface area (TPSA) is 91.8 Å². The zero-order valence-corrected chi connectivity index (χ0v) is 18.9. The van der Waals surface area contributed by atoms with Crippen LogP contribution in [0.1, 0.15) is 61.3 Å². The Morgan fingerprint density at radius 1 is 1.27 bits per heavy atom. The number of rotatable bonds is 5. The molecule has 2 atom stereocenters. The summed E-state index contributed by atoms with van der Waals surface area (Å²) in [4.78, 5) is 32.9. The lowest BCUT2D eigenvalue weighted by atomic mass is 9.68. The summed E-state index contributed by atoms with van der Waals surface area (Å²) in [5.41, 5.74) is 2.34. The zero-order valence-electron chi connectivity index (χ0n) is 18.9. The minimum atomic E-state index is -0.360. The van der Waals surface area contributed by atoms with Crippen LogP contribution >= 0.6 is 0 Å². The lowest BCUT2D eigenvalue weighted by Crippen LogP contribution is -2.48. The van der Waals surface area contributed by atoms with Crippen LogP contribution < -0.4 is 5.56 Å². The van der Waals surface area contributed by atoms with E-state index in [-0.39, 0.29) is 39.7 Å². The van der Waals surface area contributed by atoms with E-state index in [1.165, 1.54) is 12.3 Å². The van der Waals surface area contributed by atoms with E-state index in [2.05, 4.69) is 34.0 Å². The number of carbonyl (C=O) groups excluding carboxylic acids is 1. The molecule has 2 aromatic heterocycles. The number of fused-ring (bicyclic) bond motifs is 5. The van der Waals surface area contributed by atoms with Crippen molar-refractivity contribution < 1.29 is 9.18 Å². The van der Waals surface area contributed by atoms with E-state index in [1.54, 1.807) is 23.1 Å². The van der Waals surface area contributed by atoms with Gasteiger partial charge in [-0.05, 0) is 54.9 Å². The molecule has 1 N–H and O–H groups in total. The molecule has 5 rings (SSSR count). The summed E-state index contributed by atoms with van der Waals surface area (Å²) in [5.74, 6) is -0.291. The minimum absolute atomic E-state index is 0.149. The van der Waals surface area contributed by atoms with Gasteiger partial charge in [0.25, 0.3) is 11.5 Å². The summed E-state index contributed by atoms with van der Waals surface area (Å²) in [6, 6.07) is 8.58. The maximum absolute atomic E-state index is 14.4. The Morgan fingerprint density at radius 2 is 2.06 bits per heavy atom. The highest BCUT2D eigenvalue weighted by atomic mass is 19.1. The Labute approximate surface area is 191 Å². The lowest BCUT2D eigenvalue weighted by molar-refractivity contribution is 0.0646. The van der Waals surface area contributed by atoms with Gasteiger partial charge in [0, 0.05) is 30.3 Å². The number of likely N-dealkylation sites (N-methyl/N-ethyl adjacent to an activating group) is 1. The molecule has 8 heteroatoms. The summed E-state index contributed by atoms with van der Waals surface area (Å²) >= 11 is 0. The molecule has 1 saturated carbocycles. The Morgan fingerprint density at radius 3 is 2.76 bits per heavy atom. The van der Waals surface area contributed by atoms with Gasteiger partial charge in [0.2, 0.25) is 0 Å². The summed E-state index contributed by atoms with van der Waals surface area (Å²) in [7, 11) is 0. The van der Waals surface area contributed by atoms with Gasteiger partial charge in [0.05, 0.1) is 17.6 Å². The van der Waals surface area contributed by atoms with Gasteiger partial charge >= 0.3 is 0 Å². The average Bonchev–Trinajstić information content (AvgIpc) is 3.17. The number of hydrogen-bond donors (Lipinski definition) is 1. The largest absolute Gasteiger partial charge is 0.337 e. The quantitative estimate of drug-likeness (QED) is 0.644. The highest BCUT2D eigenvalue weighted by Gasteiger charge is 2.64.